The van der Waals surface area contributed by atoms with E-state index < -0.39 is 0 Å². The van der Waals surface area contributed by atoms with Crippen LogP contribution in [0.3, 0.4) is 0 Å². The van der Waals surface area contributed by atoms with Gasteiger partial charge in [-0.15, -0.1) is 36.2 Å². The maximum Gasteiger partial charge on any atom is 0.270 e. The van der Waals surface area contributed by atoms with Crippen molar-refractivity contribution in [3.05, 3.63) is 41.2 Å². The molecule has 1 aromatic carbocycles. The Bertz CT molecular complexity index is 609. The third-order valence-corrected chi connectivity index (χ3v) is 3.73. The molecule has 1 atom stereocenters. The van der Waals surface area contributed by atoms with Crippen LogP contribution in [-0.2, 0) is 0 Å². The van der Waals surface area contributed by atoms with Crippen molar-refractivity contribution in [2.75, 3.05) is 13.1 Å². The summed E-state index contributed by atoms with van der Waals surface area (Å²) in [4.78, 5) is 16.1. The van der Waals surface area contributed by atoms with Gasteiger partial charge in [0.1, 0.15) is 16.5 Å². The van der Waals surface area contributed by atoms with Crippen LogP contribution < -0.4 is 11.1 Å². The van der Waals surface area contributed by atoms with Gasteiger partial charge in [0.25, 0.3) is 5.91 Å². The zero-order valence-electron chi connectivity index (χ0n) is 11.9. The number of hydrogen-bond acceptors (Lipinski definition) is 4. The fourth-order valence-electron chi connectivity index (χ4n) is 1.58. The zero-order valence-corrected chi connectivity index (χ0v) is 14.4. The van der Waals surface area contributed by atoms with E-state index in [1.807, 2.05) is 6.92 Å². The normalized spacial score (nSPS) is 11.0. The molecule has 4 nitrogen and oxygen atoms in total. The van der Waals surface area contributed by atoms with Crippen molar-refractivity contribution in [2.24, 2.45) is 11.7 Å². The standard InChI is InChI=1S/C14H16FN3OS.2ClH/c1-9(6-16)7-17-13(19)12-8-20-14(18-12)10-4-2-3-5-11(10)15;;/h2-5,8-9H,6-7,16H2,1H3,(H,17,19);2*1H. The molecule has 0 aliphatic carbocycles. The summed E-state index contributed by atoms with van der Waals surface area (Å²) in [5.74, 6) is -0.390. The van der Waals surface area contributed by atoms with Crippen LogP contribution in [0.2, 0.25) is 0 Å². The highest BCUT2D eigenvalue weighted by Gasteiger charge is 2.14. The molecular weight excluding hydrogens is 348 g/mol. The number of carbonyl (C=O) groups excluding carboxylic acids is 1. The summed E-state index contributed by atoms with van der Waals surface area (Å²) in [6, 6.07) is 6.38. The molecule has 0 bridgehead atoms. The first kappa shape index (κ1) is 20.8. The molecule has 0 radical (unpaired) electrons. The van der Waals surface area contributed by atoms with E-state index >= 15 is 0 Å². The fraction of sp³-hybridized carbons (Fsp3) is 0.286. The van der Waals surface area contributed by atoms with Gasteiger partial charge in [0.05, 0.1) is 0 Å². The highest BCUT2D eigenvalue weighted by molar-refractivity contribution is 7.13. The number of benzene rings is 1. The number of nitrogens with one attached hydrogen (secondary N) is 1. The molecule has 0 spiro atoms. The largest absolute Gasteiger partial charge is 0.350 e. The highest BCUT2D eigenvalue weighted by Crippen LogP contribution is 2.25. The number of halogens is 3. The van der Waals surface area contributed by atoms with Crippen molar-refractivity contribution in [3.8, 4) is 10.6 Å². The molecule has 1 heterocycles. The van der Waals surface area contributed by atoms with Crippen molar-refractivity contribution >= 4 is 42.1 Å². The van der Waals surface area contributed by atoms with Gasteiger partial charge in [-0.05, 0) is 24.6 Å². The SMILES string of the molecule is CC(CN)CNC(=O)c1csc(-c2ccccc2F)n1.Cl.Cl. The van der Waals surface area contributed by atoms with Crippen molar-refractivity contribution < 1.29 is 9.18 Å². The van der Waals surface area contributed by atoms with Crippen LogP contribution >= 0.6 is 36.2 Å². The van der Waals surface area contributed by atoms with E-state index in [1.54, 1.807) is 23.6 Å². The van der Waals surface area contributed by atoms with E-state index in [-0.39, 0.29) is 42.5 Å². The molecule has 0 fully saturated rings. The van der Waals surface area contributed by atoms with Gasteiger partial charge < -0.3 is 11.1 Å². The van der Waals surface area contributed by atoms with Crippen molar-refractivity contribution in [1.82, 2.24) is 10.3 Å². The molecule has 122 valence electrons. The van der Waals surface area contributed by atoms with E-state index in [9.17, 15) is 9.18 Å². The van der Waals surface area contributed by atoms with Gasteiger partial charge in [-0.1, -0.05) is 19.1 Å². The lowest BCUT2D eigenvalue weighted by molar-refractivity contribution is 0.0944. The number of carbonyl (C=O) groups is 1. The quantitative estimate of drug-likeness (QED) is 0.854. The van der Waals surface area contributed by atoms with E-state index in [0.29, 0.717) is 29.4 Å². The van der Waals surface area contributed by atoms with Gasteiger partial charge in [0, 0.05) is 17.5 Å². The molecule has 0 aliphatic rings. The second-order valence-corrected chi connectivity index (χ2v) is 5.43. The maximum absolute atomic E-state index is 13.6. The van der Waals surface area contributed by atoms with Gasteiger partial charge in [-0.3, -0.25) is 4.79 Å². The number of nitrogens with zero attached hydrogens (tertiary/aromatic N) is 1. The molecule has 2 rings (SSSR count). The monoisotopic (exact) mass is 365 g/mol. The second-order valence-electron chi connectivity index (χ2n) is 4.57. The molecule has 1 amide bonds. The predicted molar refractivity (Wildman–Crippen MR) is 92.6 cm³/mol. The fourth-order valence-corrected chi connectivity index (χ4v) is 2.40. The van der Waals surface area contributed by atoms with Gasteiger partial charge in [0.2, 0.25) is 0 Å². The number of thiazole rings is 1. The third kappa shape index (κ3) is 5.21. The molecule has 2 aromatic rings. The number of nitrogens with two attached hydrogens (primary N) is 1. The maximum atomic E-state index is 13.6. The minimum Gasteiger partial charge on any atom is -0.350 e. The third-order valence-electron chi connectivity index (χ3n) is 2.85. The van der Waals surface area contributed by atoms with Gasteiger partial charge >= 0.3 is 0 Å². The summed E-state index contributed by atoms with van der Waals surface area (Å²) in [5, 5.41) is 4.89. The van der Waals surface area contributed by atoms with E-state index in [2.05, 4.69) is 10.3 Å². The summed E-state index contributed by atoms with van der Waals surface area (Å²) in [6.45, 7) is 2.96. The van der Waals surface area contributed by atoms with E-state index in [1.165, 1.54) is 17.4 Å². The predicted octanol–water partition coefficient (Wildman–Crippen LogP) is 3.12. The number of hydrogen-bond donors (Lipinski definition) is 2. The van der Waals surface area contributed by atoms with Gasteiger partial charge in [-0.25, -0.2) is 9.37 Å². The minimum atomic E-state index is -0.342. The molecule has 3 N–H and O–H groups in total. The Morgan fingerprint density at radius 2 is 2.09 bits per heavy atom. The van der Waals surface area contributed by atoms with Crippen molar-refractivity contribution in [2.45, 2.75) is 6.92 Å². The average molecular weight is 366 g/mol. The number of aromatic nitrogens is 1. The zero-order chi connectivity index (χ0) is 14.5. The van der Waals surface area contributed by atoms with Gasteiger partial charge in [-0.2, -0.15) is 0 Å². The molecule has 1 unspecified atom stereocenters. The van der Waals surface area contributed by atoms with E-state index in [0.717, 1.165) is 0 Å². The highest BCUT2D eigenvalue weighted by atomic mass is 35.5. The van der Waals surface area contributed by atoms with Crippen LogP contribution in [0.4, 0.5) is 4.39 Å². The van der Waals surface area contributed by atoms with Gasteiger partial charge in [0.15, 0.2) is 0 Å². The number of rotatable bonds is 5. The molecule has 8 heteroatoms. The molecule has 22 heavy (non-hydrogen) atoms. The van der Waals surface area contributed by atoms with Crippen molar-refractivity contribution in [3.63, 3.8) is 0 Å². The molecular formula is C14H18Cl2FN3OS. The molecule has 1 aromatic heterocycles. The van der Waals surface area contributed by atoms with Crippen LogP contribution in [0.5, 0.6) is 0 Å². The lowest BCUT2D eigenvalue weighted by atomic mass is 10.2. The van der Waals surface area contributed by atoms with Crippen molar-refractivity contribution in [1.29, 1.82) is 0 Å². The van der Waals surface area contributed by atoms with E-state index in [4.69, 9.17) is 5.73 Å². The first-order valence-corrected chi connectivity index (χ1v) is 7.18. The smallest absolute Gasteiger partial charge is 0.270 e. The minimum absolute atomic E-state index is 0. The Morgan fingerprint density at radius 3 is 2.73 bits per heavy atom. The Morgan fingerprint density at radius 1 is 1.41 bits per heavy atom. The summed E-state index contributed by atoms with van der Waals surface area (Å²) in [7, 11) is 0. The van der Waals surface area contributed by atoms with Crippen LogP contribution in [-0.4, -0.2) is 24.0 Å². The molecule has 0 saturated carbocycles. The second kappa shape index (κ2) is 9.74. The molecule has 0 aliphatic heterocycles. The summed E-state index contributed by atoms with van der Waals surface area (Å²) in [5.41, 5.74) is 6.20. The Labute approximate surface area is 145 Å². The first-order valence-electron chi connectivity index (χ1n) is 6.30. The van der Waals surface area contributed by atoms with Crippen LogP contribution in [0.1, 0.15) is 17.4 Å². The Hall–Kier alpha value is -1.21. The molecule has 0 saturated heterocycles. The topological polar surface area (TPSA) is 68.0 Å². The Kier molecular flexibility index (Phi) is 9.20. The average Bonchev–Trinajstić information content (AvgIpc) is 2.94. The number of amides is 1. The summed E-state index contributed by atoms with van der Waals surface area (Å²) in [6.07, 6.45) is 0. The van der Waals surface area contributed by atoms with Crippen LogP contribution in [0.15, 0.2) is 29.6 Å². The summed E-state index contributed by atoms with van der Waals surface area (Å²) >= 11 is 1.25. The lowest BCUT2D eigenvalue weighted by Crippen LogP contribution is -2.31. The Balaban J connectivity index is 0.00000220. The summed E-state index contributed by atoms with van der Waals surface area (Å²) < 4.78 is 13.6. The first-order chi connectivity index (χ1) is 9.61. The van der Waals surface area contributed by atoms with Crippen LogP contribution in [0, 0.1) is 11.7 Å². The van der Waals surface area contributed by atoms with Crippen LogP contribution in [0.25, 0.3) is 10.6 Å². The lowest BCUT2D eigenvalue weighted by Gasteiger charge is -2.08.